The number of aryl methyl sites for hydroxylation is 1. The van der Waals surface area contributed by atoms with E-state index in [1.54, 1.807) is 42.2 Å². The summed E-state index contributed by atoms with van der Waals surface area (Å²) in [6.45, 7) is 5.27. The molecule has 3 aromatic rings. The van der Waals surface area contributed by atoms with E-state index < -0.39 is 9.84 Å². The van der Waals surface area contributed by atoms with Gasteiger partial charge in [0.05, 0.1) is 16.9 Å². The van der Waals surface area contributed by atoms with Crippen molar-refractivity contribution in [1.82, 2.24) is 4.90 Å². The lowest BCUT2D eigenvalue weighted by molar-refractivity contribution is -0.137. The molecule has 9 heteroatoms. The third-order valence-electron chi connectivity index (χ3n) is 6.27. The SMILES string of the molecule is CC[C@H](C)N(C(=O)COc1ccc2c(=O)c(Oc3ccccc3)c(C)oc2c1)[C@@H]1CCS(=O)(=O)C1. The Bertz CT molecular complexity index is 1380. The zero-order valence-corrected chi connectivity index (χ0v) is 20.8. The number of amides is 1. The van der Waals surface area contributed by atoms with Gasteiger partial charge in [0.15, 0.2) is 16.4 Å². The van der Waals surface area contributed by atoms with Crippen LogP contribution in [0.4, 0.5) is 0 Å². The van der Waals surface area contributed by atoms with Crippen molar-refractivity contribution in [1.29, 1.82) is 0 Å². The van der Waals surface area contributed by atoms with Crippen LogP contribution in [0.3, 0.4) is 0 Å². The van der Waals surface area contributed by atoms with E-state index in [1.807, 2.05) is 32.0 Å². The van der Waals surface area contributed by atoms with Crippen LogP contribution in [-0.4, -0.2) is 49.4 Å². The largest absolute Gasteiger partial charge is 0.484 e. The molecule has 0 spiro atoms. The summed E-state index contributed by atoms with van der Waals surface area (Å²) >= 11 is 0. The summed E-state index contributed by atoms with van der Waals surface area (Å²) in [7, 11) is -3.13. The second kappa shape index (κ2) is 10.1. The monoisotopic (exact) mass is 499 g/mol. The molecule has 1 saturated heterocycles. The van der Waals surface area contributed by atoms with Crippen LogP contribution >= 0.6 is 0 Å². The maximum absolute atomic E-state index is 13.0. The minimum Gasteiger partial charge on any atom is -0.484 e. The van der Waals surface area contributed by atoms with Gasteiger partial charge in [0.2, 0.25) is 11.2 Å². The van der Waals surface area contributed by atoms with Crippen LogP contribution in [0, 0.1) is 6.92 Å². The van der Waals surface area contributed by atoms with Crippen molar-refractivity contribution in [3.8, 4) is 17.2 Å². The molecule has 8 nitrogen and oxygen atoms in total. The van der Waals surface area contributed by atoms with Gasteiger partial charge in [-0.1, -0.05) is 25.1 Å². The summed E-state index contributed by atoms with van der Waals surface area (Å²) in [6.07, 6.45) is 1.14. The van der Waals surface area contributed by atoms with Gasteiger partial charge >= 0.3 is 0 Å². The number of nitrogens with zero attached hydrogens (tertiary/aromatic N) is 1. The lowest BCUT2D eigenvalue weighted by atomic mass is 10.1. The van der Waals surface area contributed by atoms with Crippen molar-refractivity contribution in [2.24, 2.45) is 0 Å². The highest BCUT2D eigenvalue weighted by atomic mass is 32.2. The first-order valence-corrected chi connectivity index (χ1v) is 13.5. The maximum Gasteiger partial charge on any atom is 0.261 e. The molecular weight excluding hydrogens is 470 g/mol. The number of hydrogen-bond donors (Lipinski definition) is 0. The highest BCUT2D eigenvalue weighted by Crippen LogP contribution is 2.27. The van der Waals surface area contributed by atoms with E-state index in [0.29, 0.717) is 41.1 Å². The first kappa shape index (κ1) is 24.8. The summed E-state index contributed by atoms with van der Waals surface area (Å²) in [4.78, 5) is 27.7. The van der Waals surface area contributed by atoms with Crippen LogP contribution in [0.2, 0.25) is 0 Å². The second-order valence-electron chi connectivity index (χ2n) is 8.79. The Morgan fingerprint density at radius 3 is 2.57 bits per heavy atom. The quantitative estimate of drug-likeness (QED) is 0.460. The Hall–Kier alpha value is -3.33. The average molecular weight is 500 g/mol. The molecular formula is C26H29NO7S. The van der Waals surface area contributed by atoms with Gasteiger partial charge in [-0.25, -0.2) is 8.42 Å². The number of ether oxygens (including phenoxy) is 2. The summed E-state index contributed by atoms with van der Waals surface area (Å²) in [6, 6.07) is 13.3. The summed E-state index contributed by atoms with van der Waals surface area (Å²) < 4.78 is 41.2. The van der Waals surface area contributed by atoms with E-state index >= 15 is 0 Å². The van der Waals surface area contributed by atoms with Crippen molar-refractivity contribution < 1.29 is 27.1 Å². The standard InChI is InChI=1S/C26H29NO7S/c1-4-17(2)27(19-12-13-35(30,31)16-19)24(28)15-32-21-10-11-22-23(14-21)33-18(3)26(25(22)29)34-20-8-6-5-7-9-20/h5-11,14,17,19H,4,12-13,15-16H2,1-3H3/t17-,19+/m0/s1. The smallest absolute Gasteiger partial charge is 0.261 e. The Kier molecular flexibility index (Phi) is 7.16. The molecule has 2 aromatic carbocycles. The van der Waals surface area contributed by atoms with Gasteiger partial charge in [0.25, 0.3) is 5.91 Å². The summed E-state index contributed by atoms with van der Waals surface area (Å²) in [5.74, 6) is 1.14. The number of hydrogen-bond acceptors (Lipinski definition) is 7. The molecule has 1 aliphatic rings. The van der Waals surface area contributed by atoms with Gasteiger partial charge in [-0.15, -0.1) is 0 Å². The Balaban J connectivity index is 1.52. The van der Waals surface area contributed by atoms with E-state index in [1.165, 1.54) is 0 Å². The van der Waals surface area contributed by atoms with Crippen LogP contribution in [0.1, 0.15) is 32.4 Å². The molecule has 0 unspecified atom stereocenters. The van der Waals surface area contributed by atoms with Crippen molar-refractivity contribution >= 4 is 26.7 Å². The molecule has 0 aliphatic carbocycles. The van der Waals surface area contributed by atoms with Crippen LogP contribution in [0.15, 0.2) is 57.7 Å². The lowest BCUT2D eigenvalue weighted by Crippen LogP contribution is -2.48. The molecule has 0 radical (unpaired) electrons. The normalized spacial score (nSPS) is 17.7. The number of sulfone groups is 1. The number of benzene rings is 2. The highest BCUT2D eigenvalue weighted by molar-refractivity contribution is 7.91. The van der Waals surface area contributed by atoms with Crippen molar-refractivity contribution in [2.45, 2.75) is 45.7 Å². The first-order valence-electron chi connectivity index (χ1n) is 11.6. The molecule has 1 aliphatic heterocycles. The van der Waals surface area contributed by atoms with Gasteiger partial charge in [-0.3, -0.25) is 9.59 Å². The molecule has 2 heterocycles. The zero-order valence-electron chi connectivity index (χ0n) is 20.0. The number of carbonyl (C=O) groups excluding carboxylic acids is 1. The van der Waals surface area contributed by atoms with E-state index in [-0.39, 0.29) is 47.3 Å². The Morgan fingerprint density at radius 1 is 1.17 bits per heavy atom. The highest BCUT2D eigenvalue weighted by Gasteiger charge is 2.36. The topological polar surface area (TPSA) is 103 Å². The average Bonchev–Trinajstić information content (AvgIpc) is 3.19. The van der Waals surface area contributed by atoms with Crippen LogP contribution in [-0.2, 0) is 14.6 Å². The molecule has 1 aromatic heterocycles. The van der Waals surface area contributed by atoms with Gasteiger partial charge in [-0.05, 0) is 51.0 Å². The predicted octanol–water partition coefficient (Wildman–Crippen LogP) is 4.09. The van der Waals surface area contributed by atoms with Crippen LogP contribution in [0.5, 0.6) is 17.2 Å². The second-order valence-corrected chi connectivity index (χ2v) is 11.0. The third-order valence-corrected chi connectivity index (χ3v) is 8.02. The fraction of sp³-hybridized carbons (Fsp3) is 0.385. The molecule has 1 amide bonds. The molecule has 35 heavy (non-hydrogen) atoms. The number of fused-ring (bicyclic) bond motifs is 1. The fourth-order valence-corrected chi connectivity index (χ4v) is 6.01. The van der Waals surface area contributed by atoms with E-state index in [4.69, 9.17) is 13.9 Å². The number of rotatable bonds is 8. The van der Waals surface area contributed by atoms with E-state index in [0.717, 1.165) is 0 Å². The van der Waals surface area contributed by atoms with Crippen molar-refractivity contribution in [2.75, 3.05) is 18.1 Å². The fourth-order valence-electron chi connectivity index (χ4n) is 4.30. The number of para-hydroxylation sites is 1. The molecule has 0 saturated carbocycles. The van der Waals surface area contributed by atoms with Crippen LogP contribution in [0.25, 0.3) is 11.0 Å². The minimum atomic E-state index is -3.13. The minimum absolute atomic E-state index is 0.0170. The van der Waals surface area contributed by atoms with Crippen molar-refractivity contribution in [3.63, 3.8) is 0 Å². The van der Waals surface area contributed by atoms with Crippen LogP contribution < -0.4 is 14.9 Å². The molecule has 0 bridgehead atoms. The Labute approximate surface area is 204 Å². The molecule has 186 valence electrons. The third kappa shape index (κ3) is 5.51. The maximum atomic E-state index is 13.0. The van der Waals surface area contributed by atoms with Gasteiger partial charge < -0.3 is 18.8 Å². The zero-order chi connectivity index (χ0) is 25.2. The van der Waals surface area contributed by atoms with Crippen molar-refractivity contribution in [3.05, 3.63) is 64.5 Å². The summed E-state index contributed by atoms with van der Waals surface area (Å²) in [5.41, 5.74) is 0.0131. The molecule has 1 fully saturated rings. The van der Waals surface area contributed by atoms with E-state index in [2.05, 4.69) is 0 Å². The van der Waals surface area contributed by atoms with Gasteiger partial charge in [-0.2, -0.15) is 0 Å². The molecule has 0 N–H and O–H groups in total. The van der Waals surface area contributed by atoms with E-state index in [9.17, 15) is 18.0 Å². The molecule has 2 atom stereocenters. The summed E-state index contributed by atoms with van der Waals surface area (Å²) in [5, 5.41) is 0.331. The molecule has 4 rings (SSSR count). The lowest BCUT2D eigenvalue weighted by Gasteiger charge is -2.33. The predicted molar refractivity (Wildman–Crippen MR) is 133 cm³/mol. The number of carbonyl (C=O) groups is 1. The van der Waals surface area contributed by atoms with Gasteiger partial charge in [0, 0.05) is 18.2 Å². The Morgan fingerprint density at radius 2 is 1.91 bits per heavy atom. The van der Waals surface area contributed by atoms with Gasteiger partial charge in [0.1, 0.15) is 22.8 Å². The first-order chi connectivity index (χ1) is 16.7.